The van der Waals surface area contributed by atoms with Crippen LogP contribution in [-0.2, 0) is 20.7 Å². The predicted molar refractivity (Wildman–Crippen MR) is 87.7 cm³/mol. The Balaban J connectivity index is 2.04. The fourth-order valence-electron chi connectivity index (χ4n) is 2.72. The number of nitrogens with one attached hydrogen (secondary N) is 1. The van der Waals surface area contributed by atoms with E-state index in [2.05, 4.69) is 5.32 Å². The number of methoxy groups -OCH3 is 1. The Morgan fingerprint density at radius 3 is 2.88 bits per heavy atom. The number of carbonyl (C=O) groups is 2. The molecule has 0 aliphatic carbocycles. The van der Waals surface area contributed by atoms with Crippen molar-refractivity contribution >= 4 is 23.2 Å². The fraction of sp³-hybridized carbons (Fsp3) is 0.500. The van der Waals surface area contributed by atoms with Gasteiger partial charge in [0.25, 0.3) is 5.69 Å². The van der Waals surface area contributed by atoms with Crippen LogP contribution in [0, 0.1) is 16.0 Å². The number of hydrogen-bond donors (Lipinski definition) is 1. The van der Waals surface area contributed by atoms with Gasteiger partial charge in [0.2, 0.25) is 11.8 Å². The first-order chi connectivity index (χ1) is 11.5. The lowest BCUT2D eigenvalue weighted by Crippen LogP contribution is -2.30. The summed E-state index contributed by atoms with van der Waals surface area (Å²) in [6.07, 6.45) is 0.681. The first-order valence-electron chi connectivity index (χ1n) is 7.81. The molecule has 2 amide bonds. The Morgan fingerprint density at radius 1 is 1.50 bits per heavy atom. The van der Waals surface area contributed by atoms with Gasteiger partial charge >= 0.3 is 0 Å². The molecule has 1 aromatic carbocycles. The van der Waals surface area contributed by atoms with Crippen molar-refractivity contribution in [2.45, 2.75) is 19.8 Å². The molecule has 1 atom stereocenters. The van der Waals surface area contributed by atoms with Crippen molar-refractivity contribution in [3.63, 3.8) is 0 Å². The minimum Gasteiger partial charge on any atom is -0.383 e. The monoisotopic (exact) mass is 335 g/mol. The second kappa shape index (κ2) is 7.87. The summed E-state index contributed by atoms with van der Waals surface area (Å²) >= 11 is 0. The lowest BCUT2D eigenvalue weighted by Gasteiger charge is -2.15. The average molecular weight is 335 g/mol. The minimum absolute atomic E-state index is 0.0143. The predicted octanol–water partition coefficient (Wildman–Crippen LogP) is 1.59. The van der Waals surface area contributed by atoms with Crippen LogP contribution in [0.1, 0.15) is 18.9 Å². The number of likely N-dealkylation sites (tertiary alicyclic amines) is 1. The maximum absolute atomic E-state index is 12.3. The standard InChI is InChI=1S/C16H21N3O5/c1-3-11-4-5-13(9-14(11)19(22)23)17-16(21)12-8-15(20)18(10-12)6-7-24-2/h4-5,9,12H,3,6-8,10H2,1-2H3,(H,17,21). The van der Waals surface area contributed by atoms with Crippen molar-refractivity contribution in [2.75, 3.05) is 32.1 Å². The van der Waals surface area contributed by atoms with Crippen LogP contribution >= 0.6 is 0 Å². The van der Waals surface area contributed by atoms with Crippen LogP contribution in [0.5, 0.6) is 0 Å². The van der Waals surface area contributed by atoms with E-state index >= 15 is 0 Å². The second-order valence-corrected chi connectivity index (χ2v) is 5.68. The van der Waals surface area contributed by atoms with Crippen LogP contribution < -0.4 is 5.32 Å². The fourth-order valence-corrected chi connectivity index (χ4v) is 2.72. The van der Waals surface area contributed by atoms with E-state index in [1.54, 1.807) is 24.1 Å². The lowest BCUT2D eigenvalue weighted by atomic mass is 10.1. The summed E-state index contributed by atoms with van der Waals surface area (Å²) in [4.78, 5) is 36.4. The largest absolute Gasteiger partial charge is 0.383 e. The molecule has 8 nitrogen and oxygen atoms in total. The van der Waals surface area contributed by atoms with Crippen molar-refractivity contribution in [3.8, 4) is 0 Å². The van der Waals surface area contributed by atoms with Crippen LogP contribution in [0.2, 0.25) is 0 Å². The number of aryl methyl sites for hydroxylation is 1. The third-order valence-electron chi connectivity index (χ3n) is 4.08. The van der Waals surface area contributed by atoms with Gasteiger partial charge in [-0.1, -0.05) is 13.0 Å². The number of nitro benzene ring substituents is 1. The van der Waals surface area contributed by atoms with Gasteiger partial charge in [-0.15, -0.1) is 0 Å². The first kappa shape index (κ1) is 17.9. The van der Waals surface area contributed by atoms with Gasteiger partial charge < -0.3 is 15.0 Å². The number of amides is 2. The molecule has 130 valence electrons. The van der Waals surface area contributed by atoms with E-state index < -0.39 is 10.8 Å². The summed E-state index contributed by atoms with van der Waals surface area (Å²) in [5.41, 5.74) is 0.964. The summed E-state index contributed by atoms with van der Waals surface area (Å²) in [5.74, 6) is -0.847. The van der Waals surface area contributed by atoms with Crippen molar-refractivity contribution in [1.29, 1.82) is 0 Å². The molecule has 1 N–H and O–H groups in total. The molecule has 1 saturated heterocycles. The normalized spacial score (nSPS) is 17.2. The maximum atomic E-state index is 12.3. The molecular formula is C16H21N3O5. The Kier molecular flexibility index (Phi) is 5.86. The van der Waals surface area contributed by atoms with Crippen molar-refractivity contribution in [2.24, 2.45) is 5.92 Å². The van der Waals surface area contributed by atoms with Gasteiger partial charge in [-0.05, 0) is 12.5 Å². The number of anilines is 1. The van der Waals surface area contributed by atoms with E-state index in [4.69, 9.17) is 4.74 Å². The molecule has 24 heavy (non-hydrogen) atoms. The number of nitro groups is 1. The lowest BCUT2D eigenvalue weighted by molar-refractivity contribution is -0.385. The molecule has 1 heterocycles. The summed E-state index contributed by atoms with van der Waals surface area (Å²) in [5, 5.41) is 13.8. The molecule has 0 radical (unpaired) electrons. The SMILES string of the molecule is CCc1ccc(NC(=O)C2CC(=O)N(CCOC)C2)cc1[N+](=O)[O-]. The number of carbonyl (C=O) groups excluding carboxylic acids is 2. The van der Waals surface area contributed by atoms with E-state index in [1.807, 2.05) is 6.92 Å². The molecule has 0 bridgehead atoms. The number of nitrogens with zero attached hydrogens (tertiary/aromatic N) is 2. The van der Waals surface area contributed by atoms with Gasteiger partial charge in [-0.25, -0.2) is 0 Å². The first-order valence-corrected chi connectivity index (χ1v) is 7.81. The van der Waals surface area contributed by atoms with Gasteiger partial charge in [-0.2, -0.15) is 0 Å². The highest BCUT2D eigenvalue weighted by Crippen LogP contribution is 2.25. The Labute approximate surface area is 139 Å². The van der Waals surface area contributed by atoms with E-state index in [-0.39, 0.29) is 23.9 Å². The third-order valence-corrected chi connectivity index (χ3v) is 4.08. The summed E-state index contributed by atoms with van der Waals surface area (Å²) in [6.45, 7) is 3.04. The van der Waals surface area contributed by atoms with Crippen LogP contribution in [0.4, 0.5) is 11.4 Å². The van der Waals surface area contributed by atoms with E-state index in [1.165, 1.54) is 6.07 Å². The minimum atomic E-state index is -0.459. The van der Waals surface area contributed by atoms with Crippen LogP contribution in [0.15, 0.2) is 18.2 Å². The van der Waals surface area contributed by atoms with E-state index in [0.29, 0.717) is 37.4 Å². The molecule has 1 aliphatic heterocycles. The topological polar surface area (TPSA) is 102 Å². The van der Waals surface area contributed by atoms with Gasteiger partial charge in [0.05, 0.1) is 17.4 Å². The van der Waals surface area contributed by atoms with Crippen LogP contribution in [-0.4, -0.2) is 48.4 Å². The molecule has 0 spiro atoms. The van der Waals surface area contributed by atoms with E-state index in [0.717, 1.165) is 0 Å². The summed E-state index contributed by atoms with van der Waals surface area (Å²) < 4.78 is 4.94. The third kappa shape index (κ3) is 4.08. The van der Waals surface area contributed by atoms with Crippen LogP contribution in [0.25, 0.3) is 0 Å². The Hall–Kier alpha value is -2.48. The van der Waals surface area contributed by atoms with Gasteiger partial charge in [0.15, 0.2) is 0 Å². The zero-order valence-electron chi connectivity index (χ0n) is 13.8. The maximum Gasteiger partial charge on any atom is 0.274 e. The summed E-state index contributed by atoms with van der Waals surface area (Å²) in [7, 11) is 1.55. The number of ether oxygens (including phenoxy) is 1. The summed E-state index contributed by atoms with van der Waals surface area (Å²) in [6, 6.07) is 4.64. The van der Waals surface area contributed by atoms with Crippen molar-refractivity contribution in [1.82, 2.24) is 4.90 Å². The highest BCUT2D eigenvalue weighted by atomic mass is 16.6. The Morgan fingerprint density at radius 2 is 2.25 bits per heavy atom. The average Bonchev–Trinajstić information content (AvgIpc) is 2.93. The van der Waals surface area contributed by atoms with Gasteiger partial charge in [0.1, 0.15) is 0 Å². The van der Waals surface area contributed by atoms with E-state index in [9.17, 15) is 19.7 Å². The molecule has 1 unspecified atom stereocenters. The second-order valence-electron chi connectivity index (χ2n) is 5.68. The van der Waals surface area contributed by atoms with Gasteiger partial charge in [-0.3, -0.25) is 19.7 Å². The number of rotatable bonds is 7. The Bertz CT molecular complexity index is 647. The number of benzene rings is 1. The molecule has 1 aliphatic rings. The smallest absolute Gasteiger partial charge is 0.274 e. The zero-order valence-corrected chi connectivity index (χ0v) is 13.8. The molecule has 1 fully saturated rings. The molecular weight excluding hydrogens is 314 g/mol. The zero-order chi connectivity index (χ0) is 17.7. The highest BCUT2D eigenvalue weighted by molar-refractivity contribution is 5.97. The molecule has 1 aromatic rings. The quantitative estimate of drug-likeness (QED) is 0.602. The molecule has 0 saturated carbocycles. The number of hydrogen-bond acceptors (Lipinski definition) is 5. The highest BCUT2D eigenvalue weighted by Gasteiger charge is 2.34. The van der Waals surface area contributed by atoms with Gasteiger partial charge in [0, 0.05) is 43.9 Å². The van der Waals surface area contributed by atoms with Crippen molar-refractivity contribution < 1.29 is 19.2 Å². The van der Waals surface area contributed by atoms with Crippen LogP contribution in [0.3, 0.4) is 0 Å². The molecule has 0 aromatic heterocycles. The molecule has 8 heteroatoms. The van der Waals surface area contributed by atoms with Crippen molar-refractivity contribution in [3.05, 3.63) is 33.9 Å². The molecule has 2 rings (SSSR count).